The molecule has 0 aliphatic heterocycles. The number of nitrogens with zero attached hydrogens (tertiary/aromatic N) is 5. The number of rotatable bonds is 7. The number of hydrazone groups is 1. The van der Waals surface area contributed by atoms with Crippen LogP contribution in [0.3, 0.4) is 0 Å². The molecule has 1 N–H and O–H groups in total. The summed E-state index contributed by atoms with van der Waals surface area (Å²) in [6.07, 6.45) is 1.59. The molecule has 8 nitrogen and oxygen atoms in total. The smallest absolute Gasteiger partial charge is 0.263 e. The molecule has 0 fully saturated rings. The van der Waals surface area contributed by atoms with Crippen LogP contribution in [0.5, 0.6) is 5.75 Å². The number of hydrogen-bond acceptors (Lipinski definition) is 6. The minimum atomic E-state index is -0.360. The second-order valence-electron chi connectivity index (χ2n) is 6.43. The van der Waals surface area contributed by atoms with Crippen molar-refractivity contribution in [3.05, 3.63) is 72.3 Å². The first-order chi connectivity index (χ1) is 14.7. The molecule has 4 rings (SSSR count). The lowest BCUT2D eigenvalue weighted by Gasteiger charge is -2.10. The summed E-state index contributed by atoms with van der Waals surface area (Å²) in [7, 11) is 0. The van der Waals surface area contributed by atoms with Crippen LogP contribution >= 0.6 is 0 Å². The second-order valence-corrected chi connectivity index (χ2v) is 6.43. The van der Waals surface area contributed by atoms with E-state index in [9.17, 15) is 4.79 Å². The van der Waals surface area contributed by atoms with Crippen LogP contribution in [-0.2, 0) is 11.3 Å². The molecule has 0 saturated carbocycles. The largest absolute Gasteiger partial charge is 0.493 e. The first-order valence-electron chi connectivity index (χ1n) is 9.54. The minimum Gasteiger partial charge on any atom is -0.493 e. The molecule has 1 amide bonds. The minimum absolute atomic E-state index is 0.0922. The summed E-state index contributed by atoms with van der Waals surface area (Å²) in [4.78, 5) is 13.5. The molecule has 0 saturated heterocycles. The van der Waals surface area contributed by atoms with E-state index in [-0.39, 0.29) is 12.5 Å². The third-order valence-electron chi connectivity index (χ3n) is 4.38. The monoisotopic (exact) mass is 400 g/mol. The number of carbonyl (C=O) groups is 1. The maximum Gasteiger partial charge on any atom is 0.263 e. The van der Waals surface area contributed by atoms with Crippen LogP contribution in [0.15, 0.2) is 71.8 Å². The second kappa shape index (κ2) is 8.95. The molecule has 3 aromatic carbocycles. The van der Waals surface area contributed by atoms with E-state index in [2.05, 4.69) is 25.9 Å². The van der Waals surface area contributed by atoms with E-state index in [0.29, 0.717) is 18.2 Å². The van der Waals surface area contributed by atoms with Gasteiger partial charge in [0.05, 0.1) is 12.8 Å². The van der Waals surface area contributed by atoms with E-state index >= 15 is 0 Å². The number of hydrogen-bond donors (Lipinski definition) is 1. The molecule has 1 heterocycles. The van der Waals surface area contributed by atoms with Gasteiger partial charge in [-0.25, -0.2) is 5.43 Å². The number of ether oxygens (including phenoxy) is 1. The number of tetrazole rings is 1. The van der Waals surface area contributed by atoms with Gasteiger partial charge < -0.3 is 4.74 Å². The quantitative estimate of drug-likeness (QED) is 0.380. The number of nitrogens with one attached hydrogen (secondary N) is 1. The van der Waals surface area contributed by atoms with Crippen molar-refractivity contribution in [1.82, 2.24) is 25.6 Å². The number of benzene rings is 3. The highest BCUT2D eigenvalue weighted by Crippen LogP contribution is 2.26. The lowest BCUT2D eigenvalue weighted by atomic mass is 10.0. The van der Waals surface area contributed by atoms with Crippen molar-refractivity contribution in [1.29, 1.82) is 0 Å². The van der Waals surface area contributed by atoms with Gasteiger partial charge in [0.1, 0.15) is 12.3 Å². The van der Waals surface area contributed by atoms with Gasteiger partial charge in [0.2, 0.25) is 5.82 Å². The first-order valence-corrected chi connectivity index (χ1v) is 9.54. The molecule has 1 aromatic heterocycles. The zero-order chi connectivity index (χ0) is 20.8. The molecule has 0 aliphatic rings. The summed E-state index contributed by atoms with van der Waals surface area (Å²) >= 11 is 0. The Morgan fingerprint density at radius 2 is 1.90 bits per heavy atom. The lowest BCUT2D eigenvalue weighted by Crippen LogP contribution is -2.24. The molecule has 0 atom stereocenters. The molecule has 0 aliphatic carbocycles. The van der Waals surface area contributed by atoms with E-state index in [1.807, 2.05) is 73.7 Å². The highest BCUT2D eigenvalue weighted by atomic mass is 16.5. The fourth-order valence-corrected chi connectivity index (χ4v) is 3.04. The van der Waals surface area contributed by atoms with Crippen molar-refractivity contribution in [3.63, 3.8) is 0 Å². The zero-order valence-electron chi connectivity index (χ0n) is 16.4. The van der Waals surface area contributed by atoms with Crippen LogP contribution in [-0.4, -0.2) is 38.9 Å². The van der Waals surface area contributed by atoms with Crippen LogP contribution in [0.25, 0.3) is 22.2 Å². The van der Waals surface area contributed by atoms with Crippen molar-refractivity contribution in [2.45, 2.75) is 13.5 Å². The zero-order valence-corrected chi connectivity index (χ0v) is 16.4. The van der Waals surface area contributed by atoms with Crippen LogP contribution in [0.1, 0.15) is 12.5 Å². The van der Waals surface area contributed by atoms with E-state index in [1.54, 1.807) is 6.21 Å². The van der Waals surface area contributed by atoms with Gasteiger partial charge in [-0.05, 0) is 29.0 Å². The van der Waals surface area contributed by atoms with Crippen LogP contribution < -0.4 is 10.2 Å². The van der Waals surface area contributed by atoms with Crippen molar-refractivity contribution in [2.75, 3.05) is 6.61 Å². The number of aromatic nitrogens is 4. The fraction of sp³-hybridized carbons (Fsp3) is 0.136. The van der Waals surface area contributed by atoms with Crippen molar-refractivity contribution < 1.29 is 9.53 Å². The molecular weight excluding hydrogens is 380 g/mol. The Morgan fingerprint density at radius 3 is 2.73 bits per heavy atom. The molecule has 8 heteroatoms. The van der Waals surface area contributed by atoms with Crippen molar-refractivity contribution in [2.24, 2.45) is 5.10 Å². The van der Waals surface area contributed by atoms with Gasteiger partial charge in [0, 0.05) is 11.1 Å². The Kier molecular flexibility index (Phi) is 5.75. The molecule has 150 valence electrons. The van der Waals surface area contributed by atoms with Gasteiger partial charge in [-0.1, -0.05) is 60.7 Å². The first kappa shape index (κ1) is 19.3. The summed E-state index contributed by atoms with van der Waals surface area (Å²) in [5, 5.41) is 18.3. The average Bonchev–Trinajstić information content (AvgIpc) is 3.24. The SMILES string of the molecule is CCOc1ccc2ccccc2c1/C=N\NC(=O)Cn1nnc(-c2ccccc2)n1. The fourth-order valence-electron chi connectivity index (χ4n) is 3.04. The van der Waals surface area contributed by atoms with E-state index in [4.69, 9.17) is 4.74 Å². The summed E-state index contributed by atoms with van der Waals surface area (Å²) in [5.74, 6) is 0.810. The molecule has 0 unspecified atom stereocenters. The van der Waals surface area contributed by atoms with Gasteiger partial charge in [0.25, 0.3) is 5.91 Å². The van der Waals surface area contributed by atoms with Gasteiger partial charge in [-0.3, -0.25) is 4.79 Å². The Labute approximate surface area is 173 Å². The molecule has 0 radical (unpaired) electrons. The Hall–Kier alpha value is -4.07. The summed E-state index contributed by atoms with van der Waals surface area (Å²) in [5.41, 5.74) is 4.15. The summed E-state index contributed by atoms with van der Waals surface area (Å²) in [6.45, 7) is 2.37. The maximum atomic E-state index is 12.2. The van der Waals surface area contributed by atoms with Gasteiger partial charge in [0.15, 0.2) is 0 Å². The summed E-state index contributed by atoms with van der Waals surface area (Å²) in [6, 6.07) is 21.3. The predicted molar refractivity (Wildman–Crippen MR) is 114 cm³/mol. The standard InChI is InChI=1S/C22H20N6O2/c1-2-30-20-13-12-16-8-6-7-11-18(16)19(20)14-23-24-21(29)15-28-26-22(25-27-28)17-9-4-3-5-10-17/h3-14H,2,15H2,1H3,(H,24,29)/b23-14-. The Bertz CT molecular complexity index is 1190. The number of carbonyl (C=O) groups excluding carboxylic acids is 1. The maximum absolute atomic E-state index is 12.2. The van der Waals surface area contributed by atoms with Crippen LogP contribution in [0.4, 0.5) is 0 Å². The van der Waals surface area contributed by atoms with E-state index < -0.39 is 0 Å². The number of fused-ring (bicyclic) bond motifs is 1. The average molecular weight is 400 g/mol. The Balaban J connectivity index is 1.45. The highest BCUT2D eigenvalue weighted by Gasteiger charge is 2.10. The topological polar surface area (TPSA) is 94.3 Å². The molecule has 0 bridgehead atoms. The summed E-state index contributed by atoms with van der Waals surface area (Å²) < 4.78 is 5.71. The molecule has 30 heavy (non-hydrogen) atoms. The van der Waals surface area contributed by atoms with Crippen LogP contribution in [0.2, 0.25) is 0 Å². The van der Waals surface area contributed by atoms with E-state index in [1.165, 1.54) is 4.80 Å². The van der Waals surface area contributed by atoms with Crippen molar-refractivity contribution in [3.8, 4) is 17.1 Å². The van der Waals surface area contributed by atoms with Gasteiger partial charge in [-0.2, -0.15) is 9.90 Å². The highest BCUT2D eigenvalue weighted by molar-refractivity contribution is 6.02. The van der Waals surface area contributed by atoms with E-state index in [0.717, 1.165) is 21.9 Å². The molecule has 4 aromatic rings. The van der Waals surface area contributed by atoms with Gasteiger partial charge >= 0.3 is 0 Å². The third-order valence-corrected chi connectivity index (χ3v) is 4.38. The predicted octanol–water partition coefficient (Wildman–Crippen LogP) is 3.04. The number of amides is 1. The lowest BCUT2D eigenvalue weighted by molar-refractivity contribution is -0.122. The van der Waals surface area contributed by atoms with Gasteiger partial charge in [-0.15, -0.1) is 10.2 Å². The normalized spacial score (nSPS) is 11.1. The Morgan fingerprint density at radius 1 is 1.10 bits per heavy atom. The van der Waals surface area contributed by atoms with Crippen LogP contribution in [0, 0.1) is 0 Å². The third kappa shape index (κ3) is 4.33. The molecular formula is C22H20N6O2. The molecule has 0 spiro atoms. The van der Waals surface area contributed by atoms with Crippen molar-refractivity contribution >= 4 is 22.9 Å².